The van der Waals surface area contributed by atoms with E-state index in [0.29, 0.717) is 39.1 Å². The van der Waals surface area contributed by atoms with E-state index in [4.69, 9.17) is 4.74 Å². The van der Waals surface area contributed by atoms with Crippen molar-refractivity contribution in [3.63, 3.8) is 0 Å². The minimum absolute atomic E-state index is 0.0574. The Morgan fingerprint density at radius 3 is 2.61 bits per heavy atom. The molecule has 2 rings (SSSR count). The Kier molecular flexibility index (Phi) is 5.51. The fraction of sp³-hybridized carbons (Fsp3) is 0.938. The number of ether oxygens (including phenoxy) is 1. The number of piperazine rings is 1. The van der Waals surface area contributed by atoms with Crippen LogP contribution in [0.15, 0.2) is 0 Å². The lowest BCUT2D eigenvalue weighted by molar-refractivity contribution is -0.0901. The van der Waals surface area contributed by atoms with Crippen molar-refractivity contribution in [3.8, 4) is 0 Å². The van der Waals surface area contributed by atoms with Crippen molar-refractivity contribution < 1.29 is 18.3 Å². The summed E-state index contributed by atoms with van der Waals surface area (Å²) in [5.74, 6) is -3.26. The molecule has 1 amide bonds. The normalized spacial score (nSPS) is 29.4. The number of hydrogen-bond donors (Lipinski definition) is 1. The van der Waals surface area contributed by atoms with Crippen molar-refractivity contribution in [2.24, 2.45) is 5.92 Å². The smallest absolute Gasteiger partial charge is 0.410 e. The zero-order chi connectivity index (χ0) is 17.3. The van der Waals surface area contributed by atoms with E-state index in [2.05, 4.69) is 10.2 Å². The number of alkyl halides is 2. The Morgan fingerprint density at radius 1 is 1.35 bits per heavy atom. The monoisotopic (exact) mass is 333 g/mol. The first kappa shape index (κ1) is 18.4. The summed E-state index contributed by atoms with van der Waals surface area (Å²) in [6.45, 7) is 9.95. The molecule has 23 heavy (non-hydrogen) atoms. The molecule has 7 heteroatoms. The van der Waals surface area contributed by atoms with Crippen molar-refractivity contribution in [2.45, 2.75) is 51.7 Å². The van der Waals surface area contributed by atoms with Crippen LogP contribution in [0, 0.1) is 5.92 Å². The molecule has 2 saturated heterocycles. The second-order valence-corrected chi connectivity index (χ2v) is 7.69. The number of halogens is 2. The minimum Gasteiger partial charge on any atom is -0.444 e. The molecule has 2 fully saturated rings. The highest BCUT2D eigenvalue weighted by atomic mass is 19.3. The van der Waals surface area contributed by atoms with Gasteiger partial charge in [0.2, 0.25) is 0 Å². The van der Waals surface area contributed by atoms with E-state index in [0.717, 1.165) is 0 Å². The molecule has 0 aliphatic carbocycles. The van der Waals surface area contributed by atoms with Gasteiger partial charge in [0.15, 0.2) is 0 Å². The Bertz CT molecular complexity index is 426. The minimum atomic E-state index is -2.65. The molecular weight excluding hydrogens is 304 g/mol. The first-order valence-electron chi connectivity index (χ1n) is 8.39. The molecule has 0 spiro atoms. The number of piperidine rings is 1. The van der Waals surface area contributed by atoms with Crippen LogP contribution >= 0.6 is 0 Å². The highest BCUT2D eigenvalue weighted by molar-refractivity contribution is 5.68. The Hall–Kier alpha value is -0.950. The summed E-state index contributed by atoms with van der Waals surface area (Å²) in [7, 11) is 0. The number of carbonyl (C=O) groups is 1. The molecule has 1 N–H and O–H groups in total. The molecule has 0 aromatic rings. The lowest BCUT2D eigenvalue weighted by atomic mass is 9.92. The van der Waals surface area contributed by atoms with Crippen LogP contribution in [0.5, 0.6) is 0 Å². The number of nitrogens with one attached hydrogen (secondary N) is 1. The average molecular weight is 333 g/mol. The summed E-state index contributed by atoms with van der Waals surface area (Å²) in [4.78, 5) is 15.9. The lowest BCUT2D eigenvalue weighted by Gasteiger charge is -2.43. The second kappa shape index (κ2) is 6.89. The predicted molar refractivity (Wildman–Crippen MR) is 84.8 cm³/mol. The van der Waals surface area contributed by atoms with Crippen LogP contribution in [0.1, 0.15) is 34.1 Å². The highest BCUT2D eigenvalue weighted by Crippen LogP contribution is 2.31. The van der Waals surface area contributed by atoms with Crippen LogP contribution in [-0.4, -0.2) is 72.7 Å². The van der Waals surface area contributed by atoms with Crippen LogP contribution in [0.4, 0.5) is 13.6 Å². The Balaban J connectivity index is 1.88. The molecule has 2 aliphatic rings. The van der Waals surface area contributed by atoms with Crippen LogP contribution in [0.2, 0.25) is 0 Å². The number of rotatable bonds is 2. The summed E-state index contributed by atoms with van der Waals surface area (Å²) in [6.07, 6.45) is 0.169. The predicted octanol–water partition coefficient (Wildman–Crippen LogP) is 2.17. The number of amides is 1. The van der Waals surface area contributed by atoms with E-state index in [1.54, 1.807) is 4.90 Å². The summed E-state index contributed by atoms with van der Waals surface area (Å²) < 4.78 is 33.3. The number of nitrogens with zero attached hydrogens (tertiary/aromatic N) is 2. The van der Waals surface area contributed by atoms with E-state index >= 15 is 0 Å². The van der Waals surface area contributed by atoms with Gasteiger partial charge >= 0.3 is 6.09 Å². The van der Waals surface area contributed by atoms with Gasteiger partial charge in [0, 0.05) is 38.1 Å². The molecule has 0 saturated carbocycles. The summed E-state index contributed by atoms with van der Waals surface area (Å²) in [5, 5.41) is 2.76. The standard InChI is InChI=1S/C16H29F2N3O2/c1-12-9-21(14(22)23-15(2,3)4)8-7-20(12)10-13-5-6-19-11-16(13,17)18/h12-13,19H,5-11H2,1-4H3/t12-,13?/m0/s1. The van der Waals surface area contributed by atoms with Gasteiger partial charge in [0.05, 0.1) is 6.54 Å². The Morgan fingerprint density at radius 2 is 2.04 bits per heavy atom. The fourth-order valence-electron chi connectivity index (χ4n) is 3.15. The van der Waals surface area contributed by atoms with Crippen LogP contribution in [-0.2, 0) is 4.74 Å². The number of carbonyl (C=O) groups excluding carboxylic acids is 1. The molecule has 2 atom stereocenters. The molecule has 0 radical (unpaired) electrons. The van der Waals surface area contributed by atoms with Gasteiger partial charge < -0.3 is 15.0 Å². The van der Waals surface area contributed by atoms with Crippen molar-refractivity contribution >= 4 is 6.09 Å². The zero-order valence-electron chi connectivity index (χ0n) is 14.6. The fourth-order valence-corrected chi connectivity index (χ4v) is 3.15. The van der Waals surface area contributed by atoms with Crippen molar-refractivity contribution in [1.29, 1.82) is 0 Å². The third-order valence-corrected chi connectivity index (χ3v) is 4.50. The molecule has 134 valence electrons. The van der Waals surface area contributed by atoms with E-state index in [9.17, 15) is 13.6 Å². The quantitative estimate of drug-likeness (QED) is 0.841. The van der Waals surface area contributed by atoms with Crippen LogP contribution < -0.4 is 5.32 Å². The molecule has 0 bridgehead atoms. The van der Waals surface area contributed by atoms with Crippen LogP contribution in [0.25, 0.3) is 0 Å². The molecule has 2 heterocycles. The first-order valence-corrected chi connectivity index (χ1v) is 8.39. The van der Waals surface area contributed by atoms with Gasteiger partial charge in [-0.2, -0.15) is 0 Å². The Labute approximate surface area is 137 Å². The van der Waals surface area contributed by atoms with E-state index in [1.165, 1.54) is 0 Å². The summed E-state index contributed by atoms with van der Waals surface area (Å²) >= 11 is 0. The van der Waals surface area contributed by atoms with Gasteiger partial charge in [-0.15, -0.1) is 0 Å². The molecular formula is C16H29F2N3O2. The van der Waals surface area contributed by atoms with Crippen LogP contribution in [0.3, 0.4) is 0 Å². The molecule has 0 aromatic carbocycles. The van der Waals surface area contributed by atoms with Gasteiger partial charge in [-0.05, 0) is 40.7 Å². The first-order chi connectivity index (χ1) is 10.6. The van der Waals surface area contributed by atoms with E-state index < -0.39 is 17.4 Å². The third-order valence-electron chi connectivity index (χ3n) is 4.50. The SMILES string of the molecule is C[C@H]1CN(C(=O)OC(C)(C)C)CCN1CC1CCNCC1(F)F. The average Bonchev–Trinajstić information content (AvgIpc) is 2.41. The maximum absolute atomic E-state index is 14.0. The topological polar surface area (TPSA) is 44.8 Å². The van der Waals surface area contributed by atoms with Gasteiger partial charge in [-0.25, -0.2) is 13.6 Å². The van der Waals surface area contributed by atoms with Gasteiger partial charge in [-0.3, -0.25) is 4.90 Å². The summed E-state index contributed by atoms with van der Waals surface area (Å²) in [5.41, 5.74) is -0.519. The second-order valence-electron chi connectivity index (χ2n) is 7.69. The molecule has 0 aromatic heterocycles. The molecule has 5 nitrogen and oxygen atoms in total. The van der Waals surface area contributed by atoms with Crippen molar-refractivity contribution in [3.05, 3.63) is 0 Å². The largest absolute Gasteiger partial charge is 0.444 e. The van der Waals surface area contributed by atoms with Crippen molar-refractivity contribution in [2.75, 3.05) is 39.3 Å². The van der Waals surface area contributed by atoms with Gasteiger partial charge in [0.25, 0.3) is 5.92 Å². The summed E-state index contributed by atoms with van der Waals surface area (Å²) in [6, 6.07) is 0.0574. The molecule has 1 unspecified atom stereocenters. The molecule has 2 aliphatic heterocycles. The number of hydrogen-bond acceptors (Lipinski definition) is 4. The van der Waals surface area contributed by atoms with E-state index in [1.807, 2.05) is 27.7 Å². The third kappa shape index (κ3) is 5.01. The highest BCUT2D eigenvalue weighted by Gasteiger charge is 2.43. The van der Waals surface area contributed by atoms with E-state index in [-0.39, 0.29) is 18.7 Å². The maximum atomic E-state index is 14.0. The lowest BCUT2D eigenvalue weighted by Crippen LogP contribution is -2.58. The zero-order valence-corrected chi connectivity index (χ0v) is 14.6. The van der Waals surface area contributed by atoms with Gasteiger partial charge in [-0.1, -0.05) is 0 Å². The van der Waals surface area contributed by atoms with Gasteiger partial charge in [0.1, 0.15) is 5.60 Å². The maximum Gasteiger partial charge on any atom is 0.410 e. The van der Waals surface area contributed by atoms with Crippen molar-refractivity contribution in [1.82, 2.24) is 15.1 Å².